The van der Waals surface area contributed by atoms with Gasteiger partial charge < -0.3 is 4.42 Å². The number of rotatable bonds is 7. The predicted molar refractivity (Wildman–Crippen MR) is 144 cm³/mol. The van der Waals surface area contributed by atoms with Gasteiger partial charge in [0, 0.05) is 21.6 Å². The van der Waals surface area contributed by atoms with E-state index in [1.807, 2.05) is 72.8 Å². The van der Waals surface area contributed by atoms with Crippen LogP contribution in [-0.2, 0) is 16.6 Å². The van der Waals surface area contributed by atoms with Crippen molar-refractivity contribution in [3.63, 3.8) is 0 Å². The third-order valence-corrected chi connectivity index (χ3v) is 7.29. The average Bonchev–Trinajstić information content (AvgIpc) is 3.62. The van der Waals surface area contributed by atoms with Crippen LogP contribution >= 0.6 is 0 Å². The van der Waals surface area contributed by atoms with E-state index in [0.717, 1.165) is 22.5 Å². The molecule has 0 aliphatic carbocycles. The molecule has 4 aromatic carbocycles. The molecule has 2 heterocycles. The van der Waals surface area contributed by atoms with Gasteiger partial charge >= 0.3 is 0 Å². The van der Waals surface area contributed by atoms with E-state index in [1.54, 1.807) is 35.1 Å². The largest absolute Gasteiger partial charge is 0.439 e. The Balaban J connectivity index is 1.23. The Labute approximate surface area is 220 Å². The van der Waals surface area contributed by atoms with Crippen LogP contribution < -0.4 is 0 Å². The highest BCUT2D eigenvalue weighted by Gasteiger charge is 2.19. The van der Waals surface area contributed by atoms with E-state index in [4.69, 9.17) is 9.40 Å². The van der Waals surface area contributed by atoms with Crippen molar-refractivity contribution in [1.82, 2.24) is 20.0 Å². The van der Waals surface area contributed by atoms with Crippen LogP contribution in [0.5, 0.6) is 0 Å². The summed E-state index contributed by atoms with van der Waals surface area (Å²) in [5, 5.41) is 8.29. The summed E-state index contributed by atoms with van der Waals surface area (Å²) in [4.78, 5) is 5.36. The Hall–Kier alpha value is -4.69. The number of aromatic nitrogens is 4. The number of oxazole rings is 1. The van der Waals surface area contributed by atoms with E-state index in [9.17, 15) is 8.60 Å². The Morgan fingerprint density at radius 1 is 0.789 bits per heavy atom. The molecule has 1 unspecified atom stereocenters. The van der Waals surface area contributed by atoms with Gasteiger partial charge in [0.1, 0.15) is 23.0 Å². The fourth-order valence-corrected chi connectivity index (χ4v) is 5.07. The standard InChI is InChI=1S/C30H21FN4O2S/c31-24-13-7-12-23(18-24)27-19-35(34-33-27)25-14-16-26(17-15-25)38(36)20-28-32-29(21-8-3-1-4-9-21)30(37-28)22-10-5-2-6-11-22/h1-19H,20H2. The molecule has 0 spiro atoms. The molecule has 6 rings (SSSR count). The van der Waals surface area contributed by atoms with Gasteiger partial charge in [0.2, 0.25) is 5.89 Å². The van der Waals surface area contributed by atoms with E-state index < -0.39 is 10.8 Å². The lowest BCUT2D eigenvalue weighted by molar-refractivity contribution is 0.527. The van der Waals surface area contributed by atoms with Crippen molar-refractivity contribution in [2.45, 2.75) is 10.6 Å². The summed E-state index contributed by atoms with van der Waals surface area (Å²) in [5.74, 6) is 0.862. The maximum absolute atomic E-state index is 13.6. The van der Waals surface area contributed by atoms with Crippen molar-refractivity contribution in [3.8, 4) is 39.5 Å². The van der Waals surface area contributed by atoms with E-state index in [-0.39, 0.29) is 11.6 Å². The molecular weight excluding hydrogens is 499 g/mol. The van der Waals surface area contributed by atoms with Crippen molar-refractivity contribution in [2.24, 2.45) is 0 Å². The summed E-state index contributed by atoms with van der Waals surface area (Å²) < 4.78 is 34.5. The quantitative estimate of drug-likeness (QED) is 0.234. The molecule has 38 heavy (non-hydrogen) atoms. The van der Waals surface area contributed by atoms with Gasteiger partial charge in [0.25, 0.3) is 0 Å². The second-order valence-corrected chi connectivity index (χ2v) is 10.0. The van der Waals surface area contributed by atoms with Crippen LogP contribution in [0.3, 0.4) is 0 Å². The van der Waals surface area contributed by atoms with Crippen molar-refractivity contribution in [2.75, 3.05) is 0 Å². The normalized spacial score (nSPS) is 11.9. The van der Waals surface area contributed by atoms with Gasteiger partial charge in [-0.05, 0) is 36.4 Å². The van der Waals surface area contributed by atoms with Crippen LogP contribution in [0.4, 0.5) is 4.39 Å². The average molecular weight is 521 g/mol. The monoisotopic (exact) mass is 520 g/mol. The molecule has 0 aliphatic rings. The minimum absolute atomic E-state index is 0.138. The molecule has 0 bridgehead atoms. The van der Waals surface area contributed by atoms with Crippen molar-refractivity contribution < 1.29 is 13.0 Å². The van der Waals surface area contributed by atoms with E-state index in [2.05, 4.69) is 10.3 Å². The topological polar surface area (TPSA) is 73.8 Å². The first-order valence-electron chi connectivity index (χ1n) is 11.9. The van der Waals surface area contributed by atoms with E-state index >= 15 is 0 Å². The van der Waals surface area contributed by atoms with Gasteiger partial charge in [-0.15, -0.1) is 5.10 Å². The third-order valence-electron chi connectivity index (χ3n) is 5.99. The van der Waals surface area contributed by atoms with E-state index in [1.165, 1.54) is 12.1 Å². The Morgan fingerprint density at radius 3 is 2.18 bits per heavy atom. The molecular formula is C30H21FN4O2S. The highest BCUT2D eigenvalue weighted by Crippen LogP contribution is 2.33. The fourth-order valence-electron chi connectivity index (χ4n) is 4.12. The first-order valence-corrected chi connectivity index (χ1v) is 13.2. The molecule has 0 aliphatic heterocycles. The minimum atomic E-state index is -1.38. The Bertz CT molecular complexity index is 1660. The maximum atomic E-state index is 13.6. The Kier molecular flexibility index (Phi) is 6.46. The summed E-state index contributed by atoms with van der Waals surface area (Å²) in [5.41, 5.74) is 4.51. The summed E-state index contributed by atoms with van der Waals surface area (Å²) in [6.45, 7) is 0. The molecule has 2 aromatic heterocycles. The lowest BCUT2D eigenvalue weighted by atomic mass is 10.1. The molecule has 0 fully saturated rings. The molecule has 6 aromatic rings. The van der Waals surface area contributed by atoms with Gasteiger partial charge in [0.15, 0.2) is 5.76 Å². The second kappa shape index (κ2) is 10.4. The summed E-state index contributed by atoms with van der Waals surface area (Å²) in [6.07, 6.45) is 1.73. The second-order valence-electron chi connectivity index (χ2n) is 8.56. The number of nitrogens with zero attached hydrogens (tertiary/aromatic N) is 4. The first-order chi connectivity index (χ1) is 18.6. The summed E-state index contributed by atoms with van der Waals surface area (Å²) in [6, 6.07) is 33.0. The molecule has 0 saturated heterocycles. The van der Waals surface area contributed by atoms with Crippen molar-refractivity contribution in [1.29, 1.82) is 0 Å². The van der Waals surface area contributed by atoms with Gasteiger partial charge in [-0.1, -0.05) is 78.0 Å². The van der Waals surface area contributed by atoms with Gasteiger partial charge in [-0.3, -0.25) is 4.21 Å². The first kappa shape index (κ1) is 23.7. The van der Waals surface area contributed by atoms with Crippen molar-refractivity contribution in [3.05, 3.63) is 127 Å². The molecule has 8 heteroatoms. The number of hydrogen-bond acceptors (Lipinski definition) is 5. The molecule has 0 saturated carbocycles. The fraction of sp³-hybridized carbons (Fsp3) is 0.0333. The van der Waals surface area contributed by atoms with Crippen LogP contribution in [0, 0.1) is 5.82 Å². The third kappa shape index (κ3) is 4.94. The minimum Gasteiger partial charge on any atom is -0.439 e. The molecule has 186 valence electrons. The molecule has 0 N–H and O–H groups in total. The number of benzene rings is 4. The molecule has 6 nitrogen and oxygen atoms in total. The molecule has 1 atom stereocenters. The van der Waals surface area contributed by atoms with Gasteiger partial charge in [-0.25, -0.2) is 14.1 Å². The van der Waals surface area contributed by atoms with E-state index in [0.29, 0.717) is 27.8 Å². The summed E-state index contributed by atoms with van der Waals surface area (Å²) >= 11 is 0. The maximum Gasteiger partial charge on any atom is 0.208 e. The molecule has 0 radical (unpaired) electrons. The number of hydrogen-bond donors (Lipinski definition) is 0. The van der Waals surface area contributed by atoms with Gasteiger partial charge in [-0.2, -0.15) is 0 Å². The molecule has 0 amide bonds. The predicted octanol–water partition coefficient (Wildman–Crippen LogP) is 6.70. The zero-order valence-corrected chi connectivity index (χ0v) is 20.9. The lowest BCUT2D eigenvalue weighted by Gasteiger charge is -2.03. The van der Waals surface area contributed by atoms with Crippen molar-refractivity contribution >= 4 is 10.8 Å². The smallest absolute Gasteiger partial charge is 0.208 e. The van der Waals surface area contributed by atoms with Crippen LogP contribution in [0.2, 0.25) is 0 Å². The number of halogens is 1. The van der Waals surface area contributed by atoms with Crippen LogP contribution in [-0.4, -0.2) is 24.2 Å². The zero-order valence-electron chi connectivity index (χ0n) is 20.1. The zero-order chi connectivity index (χ0) is 25.9. The van der Waals surface area contributed by atoms with Crippen LogP contribution in [0.15, 0.2) is 125 Å². The highest BCUT2D eigenvalue weighted by molar-refractivity contribution is 7.84. The lowest BCUT2D eigenvalue weighted by Crippen LogP contribution is -1.99. The van der Waals surface area contributed by atoms with Gasteiger partial charge in [0.05, 0.1) is 22.7 Å². The highest BCUT2D eigenvalue weighted by atomic mass is 32.2. The van der Waals surface area contributed by atoms with Crippen LogP contribution in [0.1, 0.15) is 5.89 Å². The van der Waals surface area contributed by atoms with Crippen LogP contribution in [0.25, 0.3) is 39.5 Å². The Morgan fingerprint density at radius 2 is 1.47 bits per heavy atom. The summed E-state index contributed by atoms with van der Waals surface area (Å²) in [7, 11) is -1.38. The SMILES string of the molecule is O=S(Cc1nc(-c2ccccc2)c(-c2ccccc2)o1)c1ccc(-n2cc(-c3cccc(F)c3)nn2)cc1.